The fraction of sp³-hybridized carbons (Fsp3) is 0.684. The lowest BCUT2D eigenvalue weighted by molar-refractivity contribution is -0.186. The van der Waals surface area contributed by atoms with Gasteiger partial charge in [-0.3, -0.25) is 0 Å². The Hall–Kier alpha value is -0.900. The lowest BCUT2D eigenvalue weighted by atomic mass is 9.73. The summed E-state index contributed by atoms with van der Waals surface area (Å²) in [5.74, 6) is -0.300. The third kappa shape index (κ3) is 2.82. The number of nitrogens with one attached hydrogen (secondary N) is 1. The van der Waals surface area contributed by atoms with Gasteiger partial charge in [-0.15, -0.1) is 0 Å². The van der Waals surface area contributed by atoms with Crippen molar-refractivity contribution in [3.63, 3.8) is 0 Å². The average Bonchev–Trinajstić information content (AvgIpc) is 2.96. The van der Waals surface area contributed by atoms with Crippen LogP contribution in [0.4, 0.5) is 0 Å². The Morgan fingerprint density at radius 3 is 1.91 bits per heavy atom. The monoisotopic (exact) mass is 303 g/mol. The molecule has 1 saturated carbocycles. The quantitative estimate of drug-likeness (QED) is 0.903. The lowest BCUT2D eigenvalue weighted by Crippen LogP contribution is -2.48. The van der Waals surface area contributed by atoms with Crippen LogP contribution in [-0.4, -0.2) is 26.0 Å². The van der Waals surface area contributed by atoms with E-state index in [0.717, 1.165) is 38.9 Å². The largest absolute Gasteiger partial charge is 0.348 e. The van der Waals surface area contributed by atoms with E-state index in [1.165, 1.54) is 11.1 Å². The summed E-state index contributed by atoms with van der Waals surface area (Å²) in [7, 11) is 2.08. The summed E-state index contributed by atoms with van der Waals surface area (Å²) in [5.41, 5.74) is 3.03. The Morgan fingerprint density at radius 2 is 1.45 bits per heavy atom. The molecule has 0 atom stereocenters. The third-order valence-electron chi connectivity index (χ3n) is 5.46. The fourth-order valence-corrected chi connectivity index (χ4v) is 3.82. The molecule has 0 aromatic heterocycles. The Labute approximate surface area is 134 Å². The van der Waals surface area contributed by atoms with E-state index in [1.54, 1.807) is 0 Å². The smallest absolute Gasteiger partial charge is 0.168 e. The molecule has 0 radical (unpaired) electrons. The van der Waals surface area contributed by atoms with Gasteiger partial charge in [0.15, 0.2) is 5.79 Å². The summed E-state index contributed by atoms with van der Waals surface area (Å²) in [6.07, 6.45) is 4.04. The summed E-state index contributed by atoms with van der Waals surface area (Å²) < 4.78 is 11.7. The molecule has 3 rings (SSSR count). The maximum absolute atomic E-state index is 5.87. The molecule has 1 saturated heterocycles. The minimum absolute atomic E-state index is 0.0526. The van der Waals surface area contributed by atoms with E-state index in [2.05, 4.69) is 57.4 Å². The van der Waals surface area contributed by atoms with Gasteiger partial charge in [-0.2, -0.15) is 0 Å². The molecule has 1 N–H and O–H groups in total. The summed E-state index contributed by atoms with van der Waals surface area (Å²) in [6.45, 7) is 8.26. The van der Waals surface area contributed by atoms with E-state index in [9.17, 15) is 0 Å². The first-order valence-electron chi connectivity index (χ1n) is 8.47. The van der Waals surface area contributed by atoms with Crippen LogP contribution in [0.25, 0.3) is 0 Å². The van der Waals surface area contributed by atoms with Crippen LogP contribution in [0.1, 0.15) is 57.6 Å². The van der Waals surface area contributed by atoms with E-state index in [1.807, 2.05) is 0 Å². The molecule has 2 fully saturated rings. The number of rotatable bonds is 2. The average molecular weight is 303 g/mol. The number of hydrogen-bond acceptors (Lipinski definition) is 3. The Kier molecular flexibility index (Phi) is 4.09. The predicted molar refractivity (Wildman–Crippen MR) is 89.0 cm³/mol. The minimum Gasteiger partial charge on any atom is -0.348 e. The van der Waals surface area contributed by atoms with Crippen LogP contribution < -0.4 is 5.32 Å². The van der Waals surface area contributed by atoms with Crippen molar-refractivity contribution in [1.82, 2.24) is 5.32 Å². The van der Waals surface area contributed by atoms with Crippen molar-refractivity contribution in [2.24, 2.45) is 0 Å². The molecule has 1 spiro atoms. The van der Waals surface area contributed by atoms with E-state index >= 15 is 0 Å². The van der Waals surface area contributed by atoms with Gasteiger partial charge in [0.05, 0.1) is 13.2 Å². The maximum Gasteiger partial charge on any atom is 0.168 e. The molecule has 1 aromatic rings. The van der Waals surface area contributed by atoms with Crippen molar-refractivity contribution >= 4 is 0 Å². The minimum atomic E-state index is -0.300. The maximum atomic E-state index is 5.87. The molecule has 3 nitrogen and oxygen atoms in total. The van der Waals surface area contributed by atoms with Crippen LogP contribution in [-0.2, 0) is 20.4 Å². The zero-order chi connectivity index (χ0) is 15.8. The third-order valence-corrected chi connectivity index (χ3v) is 5.46. The Bertz CT molecular complexity index is 499. The van der Waals surface area contributed by atoms with Crippen LogP contribution in [0.5, 0.6) is 0 Å². The van der Waals surface area contributed by atoms with Crippen LogP contribution >= 0.6 is 0 Å². The van der Waals surface area contributed by atoms with Gasteiger partial charge in [0.1, 0.15) is 0 Å². The lowest BCUT2D eigenvalue weighted by Gasteiger charge is -2.44. The molecule has 1 aliphatic heterocycles. The van der Waals surface area contributed by atoms with E-state index in [4.69, 9.17) is 9.47 Å². The first-order chi connectivity index (χ1) is 10.4. The van der Waals surface area contributed by atoms with Gasteiger partial charge in [0.2, 0.25) is 0 Å². The van der Waals surface area contributed by atoms with Crippen molar-refractivity contribution in [2.75, 3.05) is 20.3 Å². The number of benzene rings is 1. The van der Waals surface area contributed by atoms with Crippen molar-refractivity contribution in [3.8, 4) is 0 Å². The normalized spacial score (nSPS) is 23.8. The van der Waals surface area contributed by atoms with E-state index < -0.39 is 0 Å². The van der Waals surface area contributed by atoms with Crippen molar-refractivity contribution in [2.45, 2.75) is 63.2 Å². The van der Waals surface area contributed by atoms with Crippen LogP contribution in [0.2, 0.25) is 0 Å². The molecule has 122 valence electrons. The molecule has 1 aromatic carbocycles. The highest BCUT2D eigenvalue weighted by Gasteiger charge is 2.46. The van der Waals surface area contributed by atoms with Gasteiger partial charge in [0, 0.05) is 18.4 Å². The van der Waals surface area contributed by atoms with Gasteiger partial charge in [0.25, 0.3) is 0 Å². The van der Waals surface area contributed by atoms with Crippen molar-refractivity contribution in [1.29, 1.82) is 0 Å². The molecule has 22 heavy (non-hydrogen) atoms. The van der Waals surface area contributed by atoms with Crippen molar-refractivity contribution in [3.05, 3.63) is 35.4 Å². The second-order valence-corrected chi connectivity index (χ2v) is 7.77. The highest BCUT2D eigenvalue weighted by molar-refractivity contribution is 5.32. The van der Waals surface area contributed by atoms with Gasteiger partial charge < -0.3 is 14.8 Å². The van der Waals surface area contributed by atoms with Crippen molar-refractivity contribution < 1.29 is 9.47 Å². The SMILES string of the molecule is CNC1(c2ccc(C(C)(C)C)cc2)CCC2(CC1)OCCO2. The van der Waals surface area contributed by atoms with Crippen LogP contribution in [0, 0.1) is 0 Å². The standard InChI is InChI=1S/C19H29NO2/c1-17(2,3)15-5-7-16(8-6-15)18(20-4)9-11-19(12-10-18)21-13-14-22-19/h5-8,20H,9-14H2,1-4H3. The molecule has 0 unspecified atom stereocenters. The molecule has 1 aliphatic carbocycles. The highest BCUT2D eigenvalue weighted by atomic mass is 16.7. The number of hydrogen-bond donors (Lipinski definition) is 1. The predicted octanol–water partition coefficient (Wildman–Crippen LogP) is 3.72. The zero-order valence-corrected chi connectivity index (χ0v) is 14.4. The molecular weight excluding hydrogens is 274 g/mol. The first-order valence-corrected chi connectivity index (χ1v) is 8.47. The number of ether oxygens (including phenoxy) is 2. The highest BCUT2D eigenvalue weighted by Crippen LogP contribution is 2.44. The molecule has 0 amide bonds. The summed E-state index contributed by atoms with van der Waals surface area (Å²) in [6, 6.07) is 9.15. The Balaban J connectivity index is 1.79. The van der Waals surface area contributed by atoms with E-state index in [-0.39, 0.29) is 16.7 Å². The summed E-state index contributed by atoms with van der Waals surface area (Å²) >= 11 is 0. The second-order valence-electron chi connectivity index (χ2n) is 7.77. The van der Waals surface area contributed by atoms with Crippen LogP contribution in [0.3, 0.4) is 0 Å². The molecule has 2 aliphatic rings. The van der Waals surface area contributed by atoms with Gasteiger partial charge >= 0.3 is 0 Å². The van der Waals surface area contributed by atoms with Gasteiger partial charge in [-0.25, -0.2) is 0 Å². The molecular formula is C19H29NO2. The molecule has 1 heterocycles. The van der Waals surface area contributed by atoms with Crippen LogP contribution in [0.15, 0.2) is 24.3 Å². The molecule has 0 bridgehead atoms. The summed E-state index contributed by atoms with van der Waals surface area (Å²) in [5, 5.41) is 3.59. The van der Waals surface area contributed by atoms with E-state index in [0.29, 0.717) is 0 Å². The zero-order valence-electron chi connectivity index (χ0n) is 14.4. The van der Waals surface area contributed by atoms with Gasteiger partial charge in [-0.1, -0.05) is 45.0 Å². The topological polar surface area (TPSA) is 30.5 Å². The fourth-order valence-electron chi connectivity index (χ4n) is 3.82. The van der Waals surface area contributed by atoms with Gasteiger partial charge in [-0.05, 0) is 36.4 Å². The first kappa shape index (κ1) is 16.0. The summed E-state index contributed by atoms with van der Waals surface area (Å²) in [4.78, 5) is 0. The Morgan fingerprint density at radius 1 is 0.909 bits per heavy atom. The second kappa shape index (κ2) is 5.63. The molecule has 3 heteroatoms.